The van der Waals surface area contributed by atoms with Gasteiger partial charge in [-0.25, -0.2) is 4.68 Å². The number of hydrogen-bond acceptors (Lipinski definition) is 3. The molecule has 5 nitrogen and oxygen atoms in total. The molecule has 0 fully saturated rings. The van der Waals surface area contributed by atoms with Crippen LogP contribution in [0.5, 0.6) is 0 Å². The van der Waals surface area contributed by atoms with E-state index in [1.807, 2.05) is 61.5 Å². The second-order valence-electron chi connectivity index (χ2n) is 8.04. The van der Waals surface area contributed by atoms with E-state index in [9.17, 15) is 18.0 Å². The van der Waals surface area contributed by atoms with Gasteiger partial charge in [0.2, 0.25) is 0 Å². The number of carbonyl (C=O) groups is 1. The topological polar surface area (TPSA) is 50.5 Å². The lowest BCUT2D eigenvalue weighted by Gasteiger charge is -2.10. The number of alkyl halides is 3. The Morgan fingerprint density at radius 2 is 1.43 bits per heavy atom. The van der Waals surface area contributed by atoms with Crippen molar-refractivity contribution in [3.8, 4) is 16.9 Å². The van der Waals surface area contributed by atoms with Gasteiger partial charge in [0.1, 0.15) is 0 Å². The molecule has 8 heteroatoms. The summed E-state index contributed by atoms with van der Waals surface area (Å²) in [7, 11) is 0. The first kappa shape index (κ1) is 22.3. The maximum Gasteiger partial charge on any atom is 0.435 e. The van der Waals surface area contributed by atoms with Crippen molar-refractivity contribution in [2.45, 2.75) is 13.1 Å². The number of aromatic nitrogens is 2. The number of hydrazone groups is 1. The normalized spacial score (nSPS) is 15.1. The molecule has 0 aliphatic carbocycles. The highest BCUT2D eigenvalue weighted by molar-refractivity contribution is 6.34. The molecule has 0 N–H and O–H groups in total. The van der Waals surface area contributed by atoms with E-state index in [2.05, 4.69) is 10.2 Å². The summed E-state index contributed by atoms with van der Waals surface area (Å²) in [6.07, 6.45) is -1.98. The molecule has 0 saturated heterocycles. The second kappa shape index (κ2) is 8.72. The molecule has 5 rings (SSSR count). The zero-order valence-corrected chi connectivity index (χ0v) is 18.6. The minimum absolute atomic E-state index is 0.251. The number of anilines is 1. The Hall–Kier alpha value is -4.46. The minimum Gasteiger partial charge on any atom is -0.267 e. The van der Waals surface area contributed by atoms with Gasteiger partial charge in [-0.3, -0.25) is 4.79 Å². The van der Waals surface area contributed by atoms with Gasteiger partial charge in [-0.15, -0.1) is 0 Å². The molecule has 35 heavy (non-hydrogen) atoms. The molecule has 1 aromatic heterocycles. The van der Waals surface area contributed by atoms with Crippen LogP contribution in [0.3, 0.4) is 0 Å². The maximum atomic E-state index is 13.9. The summed E-state index contributed by atoms with van der Waals surface area (Å²) < 4.78 is 43.4. The summed E-state index contributed by atoms with van der Waals surface area (Å²) >= 11 is 0. The largest absolute Gasteiger partial charge is 0.435 e. The van der Waals surface area contributed by atoms with E-state index < -0.39 is 23.4 Å². The monoisotopic (exact) mass is 472 g/mol. The van der Waals surface area contributed by atoms with Crippen molar-refractivity contribution < 1.29 is 18.0 Å². The average Bonchev–Trinajstić information content (AvgIpc) is 3.42. The standard InChI is InChI=1S/C27H19F3N4O/c1-18-12-14-19(15-13-18)24-20(17-33(31-24)21-8-4-2-5-9-21)16-23-25(27(28,29)30)32-34(26(23)35)22-10-6-3-7-11-22/h2-17H,1H3/b23-16-. The summed E-state index contributed by atoms with van der Waals surface area (Å²) in [6.45, 7) is 1.94. The lowest BCUT2D eigenvalue weighted by Crippen LogP contribution is -2.25. The molecule has 4 aromatic rings. The number of carbonyl (C=O) groups excluding carboxylic acids is 1. The predicted octanol–water partition coefficient (Wildman–Crippen LogP) is 6.20. The molecule has 1 aliphatic rings. The predicted molar refractivity (Wildman–Crippen MR) is 129 cm³/mol. The number of halogens is 3. The van der Waals surface area contributed by atoms with Crippen LogP contribution in [0, 0.1) is 6.92 Å². The quantitative estimate of drug-likeness (QED) is 0.332. The molecule has 0 unspecified atom stereocenters. The van der Waals surface area contributed by atoms with Gasteiger partial charge in [-0.1, -0.05) is 66.2 Å². The third-order valence-electron chi connectivity index (χ3n) is 5.54. The molecule has 0 radical (unpaired) electrons. The summed E-state index contributed by atoms with van der Waals surface area (Å²) in [5.74, 6) is -0.856. The minimum atomic E-state index is -4.82. The molecule has 1 amide bonds. The van der Waals surface area contributed by atoms with Crippen LogP contribution in [0.1, 0.15) is 11.1 Å². The van der Waals surface area contributed by atoms with E-state index >= 15 is 0 Å². The van der Waals surface area contributed by atoms with Crippen LogP contribution < -0.4 is 5.01 Å². The third-order valence-corrected chi connectivity index (χ3v) is 5.54. The van der Waals surface area contributed by atoms with Gasteiger partial charge in [0.15, 0.2) is 5.71 Å². The first-order valence-corrected chi connectivity index (χ1v) is 10.8. The summed E-state index contributed by atoms with van der Waals surface area (Å²) in [5.41, 5.74) is 1.78. The van der Waals surface area contributed by atoms with Crippen molar-refractivity contribution in [2.75, 3.05) is 5.01 Å². The Bertz CT molecular complexity index is 1440. The Morgan fingerprint density at radius 1 is 0.829 bits per heavy atom. The Balaban J connectivity index is 1.66. The van der Waals surface area contributed by atoms with Crippen LogP contribution >= 0.6 is 0 Å². The number of aryl methyl sites for hydroxylation is 1. The van der Waals surface area contributed by atoms with Crippen LogP contribution in [0.15, 0.2) is 102 Å². The van der Waals surface area contributed by atoms with Crippen LogP contribution in [0.4, 0.5) is 18.9 Å². The van der Waals surface area contributed by atoms with E-state index in [1.54, 1.807) is 29.1 Å². The molecule has 3 aromatic carbocycles. The van der Waals surface area contributed by atoms with Gasteiger partial charge in [0.25, 0.3) is 5.91 Å². The van der Waals surface area contributed by atoms with Gasteiger partial charge >= 0.3 is 6.18 Å². The van der Waals surface area contributed by atoms with Crippen molar-refractivity contribution in [3.05, 3.63) is 108 Å². The number of rotatable bonds is 4. The van der Waals surface area contributed by atoms with Crippen LogP contribution in [0.25, 0.3) is 23.0 Å². The van der Waals surface area contributed by atoms with Crippen molar-refractivity contribution >= 4 is 23.4 Å². The molecule has 0 atom stereocenters. The fraction of sp³-hybridized carbons (Fsp3) is 0.0741. The fourth-order valence-corrected chi connectivity index (χ4v) is 3.80. The van der Waals surface area contributed by atoms with E-state index in [0.717, 1.165) is 16.3 Å². The maximum absolute atomic E-state index is 13.9. The highest BCUT2D eigenvalue weighted by Gasteiger charge is 2.47. The molecular weight excluding hydrogens is 453 g/mol. The van der Waals surface area contributed by atoms with Crippen molar-refractivity contribution in [1.29, 1.82) is 0 Å². The first-order valence-electron chi connectivity index (χ1n) is 10.8. The molecule has 1 aliphatic heterocycles. The Labute approximate surface area is 199 Å². The van der Waals surface area contributed by atoms with Crippen LogP contribution in [-0.2, 0) is 4.79 Å². The Kier molecular flexibility index (Phi) is 5.56. The third kappa shape index (κ3) is 4.38. The smallest absolute Gasteiger partial charge is 0.267 e. The fourth-order valence-electron chi connectivity index (χ4n) is 3.80. The zero-order valence-electron chi connectivity index (χ0n) is 18.6. The van der Waals surface area contributed by atoms with Crippen molar-refractivity contribution in [1.82, 2.24) is 9.78 Å². The molecule has 0 saturated carbocycles. The SMILES string of the molecule is Cc1ccc(-c2nn(-c3ccccc3)cc2/C=C2\C(=O)N(c3ccccc3)N=C2C(F)(F)F)cc1. The summed E-state index contributed by atoms with van der Waals surface area (Å²) in [6, 6.07) is 24.7. The number of hydrogen-bond donors (Lipinski definition) is 0. The second-order valence-corrected chi connectivity index (χ2v) is 8.04. The number of benzene rings is 3. The lowest BCUT2D eigenvalue weighted by atomic mass is 10.0. The molecule has 0 spiro atoms. The Morgan fingerprint density at radius 3 is 2.03 bits per heavy atom. The average molecular weight is 472 g/mol. The van der Waals surface area contributed by atoms with Crippen LogP contribution in [0.2, 0.25) is 0 Å². The highest BCUT2D eigenvalue weighted by atomic mass is 19.4. The zero-order chi connectivity index (χ0) is 24.6. The van der Waals surface area contributed by atoms with Gasteiger partial charge in [0.05, 0.1) is 22.6 Å². The van der Waals surface area contributed by atoms with Crippen LogP contribution in [-0.4, -0.2) is 27.6 Å². The van der Waals surface area contributed by atoms with E-state index in [1.165, 1.54) is 18.2 Å². The number of amides is 1. The summed E-state index contributed by atoms with van der Waals surface area (Å²) in [4.78, 5) is 13.2. The number of nitrogens with zero attached hydrogens (tertiary/aromatic N) is 4. The lowest BCUT2D eigenvalue weighted by molar-refractivity contribution is -0.114. The van der Waals surface area contributed by atoms with Gasteiger partial charge in [-0.2, -0.15) is 28.4 Å². The van der Waals surface area contributed by atoms with Gasteiger partial charge < -0.3 is 0 Å². The van der Waals surface area contributed by atoms with Gasteiger partial charge in [-0.05, 0) is 37.3 Å². The van der Waals surface area contributed by atoms with E-state index in [0.29, 0.717) is 16.8 Å². The molecule has 2 heterocycles. The molecule has 0 bridgehead atoms. The van der Waals surface area contributed by atoms with Crippen molar-refractivity contribution in [3.63, 3.8) is 0 Å². The van der Waals surface area contributed by atoms with E-state index in [4.69, 9.17) is 0 Å². The molecule has 174 valence electrons. The van der Waals surface area contributed by atoms with E-state index in [-0.39, 0.29) is 5.69 Å². The highest BCUT2D eigenvalue weighted by Crippen LogP contribution is 2.34. The van der Waals surface area contributed by atoms with Gasteiger partial charge in [0, 0.05) is 17.3 Å². The van der Waals surface area contributed by atoms with Crippen molar-refractivity contribution in [2.24, 2.45) is 5.10 Å². The summed E-state index contributed by atoms with van der Waals surface area (Å²) in [5, 5.41) is 9.06. The molecular formula is C27H19F3N4O. The number of para-hydroxylation sites is 2. The first-order chi connectivity index (χ1) is 16.8.